The molecule has 0 bridgehead atoms. The van der Waals surface area contributed by atoms with Gasteiger partial charge in [-0.05, 0) is 18.6 Å². The van der Waals surface area contributed by atoms with Crippen LogP contribution in [0.5, 0.6) is 0 Å². The topological polar surface area (TPSA) is 98.3 Å². The van der Waals surface area contributed by atoms with E-state index >= 15 is 0 Å². The second-order valence-corrected chi connectivity index (χ2v) is 8.04. The first-order valence-electron chi connectivity index (χ1n) is 10.4. The molecule has 3 aliphatic heterocycles. The Hall–Kier alpha value is -3.37. The summed E-state index contributed by atoms with van der Waals surface area (Å²) in [5.41, 5.74) is 0.0734. The molecule has 5 amide bonds. The third-order valence-electron chi connectivity index (χ3n) is 6.05. The van der Waals surface area contributed by atoms with Gasteiger partial charge in [-0.3, -0.25) is 28.9 Å². The maximum absolute atomic E-state index is 13.5. The van der Waals surface area contributed by atoms with Gasteiger partial charge in [-0.2, -0.15) is 0 Å². The number of hydrogen-bond donors (Lipinski definition) is 0. The summed E-state index contributed by atoms with van der Waals surface area (Å²) in [5, 5.41) is 0. The van der Waals surface area contributed by atoms with Crippen LogP contribution < -0.4 is 4.90 Å². The molecule has 3 aliphatic rings. The van der Waals surface area contributed by atoms with Crippen molar-refractivity contribution in [2.45, 2.75) is 19.3 Å². The van der Waals surface area contributed by atoms with Gasteiger partial charge in [-0.25, -0.2) is 8.78 Å². The van der Waals surface area contributed by atoms with Crippen LogP contribution in [0.1, 0.15) is 19.3 Å². The van der Waals surface area contributed by atoms with E-state index in [0.717, 1.165) is 17.0 Å². The molecule has 0 aliphatic carbocycles. The van der Waals surface area contributed by atoms with Gasteiger partial charge in [0.2, 0.25) is 29.5 Å². The average Bonchev–Trinajstić information content (AvgIpc) is 3.29. The first-order valence-corrected chi connectivity index (χ1v) is 10.4. The van der Waals surface area contributed by atoms with E-state index in [1.54, 1.807) is 0 Å². The third kappa shape index (κ3) is 4.19. The monoisotopic (exact) mass is 448 g/mol. The van der Waals surface area contributed by atoms with Crippen LogP contribution in [-0.2, 0) is 24.0 Å². The van der Waals surface area contributed by atoms with Crippen molar-refractivity contribution in [1.82, 2.24) is 14.7 Å². The van der Waals surface area contributed by atoms with E-state index in [2.05, 4.69) is 0 Å². The molecule has 4 rings (SSSR count). The molecule has 32 heavy (non-hydrogen) atoms. The summed E-state index contributed by atoms with van der Waals surface area (Å²) in [7, 11) is 0. The first-order chi connectivity index (χ1) is 15.2. The number of imide groups is 1. The predicted octanol–water partition coefficient (Wildman–Crippen LogP) is 0.138. The number of carbonyl (C=O) groups excluding carboxylic acids is 5. The smallest absolute Gasteiger partial charge is 0.242 e. The van der Waals surface area contributed by atoms with E-state index < -0.39 is 23.5 Å². The highest BCUT2D eigenvalue weighted by molar-refractivity contribution is 6.09. The lowest BCUT2D eigenvalue weighted by molar-refractivity contribution is -0.148. The largest absolute Gasteiger partial charge is 0.338 e. The Bertz CT molecular complexity index is 956. The number of nitrogens with zero attached hydrogens (tertiary/aromatic N) is 4. The van der Waals surface area contributed by atoms with E-state index in [1.807, 2.05) is 0 Å². The lowest BCUT2D eigenvalue weighted by Crippen LogP contribution is -2.54. The first kappa shape index (κ1) is 21.8. The lowest BCUT2D eigenvalue weighted by atomic mass is 10.1. The standard InChI is InChI=1S/C21H22F2N4O5/c22-13-9-14(23)11-15(10-13)26-4-3-16(21(26)32)20(31)25-7-5-24(6-8-25)19(30)12-27-17(28)1-2-18(27)29/h9-11,16H,1-8,12H2. The maximum Gasteiger partial charge on any atom is 0.242 e. The molecular weight excluding hydrogens is 426 g/mol. The number of rotatable bonds is 4. The van der Waals surface area contributed by atoms with Crippen LogP contribution in [-0.4, -0.2) is 83.5 Å². The van der Waals surface area contributed by atoms with Crippen LogP contribution in [0, 0.1) is 17.6 Å². The number of piperazine rings is 1. The molecule has 9 nitrogen and oxygen atoms in total. The van der Waals surface area contributed by atoms with E-state index in [-0.39, 0.29) is 87.8 Å². The fourth-order valence-electron chi connectivity index (χ4n) is 4.29. The molecule has 11 heteroatoms. The van der Waals surface area contributed by atoms with Gasteiger partial charge in [0.1, 0.15) is 24.1 Å². The number of hydrogen-bond acceptors (Lipinski definition) is 5. The molecule has 1 aromatic rings. The number of benzene rings is 1. The molecule has 3 fully saturated rings. The van der Waals surface area contributed by atoms with Crippen LogP contribution in [0.4, 0.5) is 14.5 Å². The van der Waals surface area contributed by atoms with Crippen LogP contribution in [0.2, 0.25) is 0 Å². The molecule has 0 radical (unpaired) electrons. The van der Waals surface area contributed by atoms with E-state index in [1.165, 1.54) is 14.7 Å². The minimum absolute atomic E-state index is 0.0734. The minimum Gasteiger partial charge on any atom is -0.338 e. The second kappa shape index (κ2) is 8.64. The fourth-order valence-corrected chi connectivity index (χ4v) is 4.29. The Morgan fingerprint density at radius 3 is 2.00 bits per heavy atom. The quantitative estimate of drug-likeness (QED) is 0.482. The van der Waals surface area contributed by atoms with Crippen molar-refractivity contribution < 1.29 is 32.8 Å². The lowest BCUT2D eigenvalue weighted by Gasteiger charge is -2.36. The molecule has 0 spiro atoms. The van der Waals surface area contributed by atoms with Gasteiger partial charge in [0.25, 0.3) is 0 Å². The predicted molar refractivity (Wildman–Crippen MR) is 106 cm³/mol. The molecule has 3 saturated heterocycles. The molecule has 0 saturated carbocycles. The number of halogens is 2. The molecule has 1 unspecified atom stereocenters. The molecule has 1 atom stereocenters. The summed E-state index contributed by atoms with van der Waals surface area (Å²) in [6.45, 7) is 0.747. The van der Waals surface area contributed by atoms with E-state index in [4.69, 9.17) is 0 Å². The third-order valence-corrected chi connectivity index (χ3v) is 6.05. The second-order valence-electron chi connectivity index (χ2n) is 8.04. The van der Waals surface area contributed by atoms with Gasteiger partial charge in [-0.15, -0.1) is 0 Å². The van der Waals surface area contributed by atoms with Crippen LogP contribution in [0.25, 0.3) is 0 Å². The van der Waals surface area contributed by atoms with Gasteiger partial charge in [0.05, 0.1) is 0 Å². The number of anilines is 1. The van der Waals surface area contributed by atoms with Crippen molar-refractivity contribution in [2.24, 2.45) is 5.92 Å². The summed E-state index contributed by atoms with van der Waals surface area (Å²) < 4.78 is 27.0. The van der Waals surface area contributed by atoms with Crippen molar-refractivity contribution in [3.05, 3.63) is 29.8 Å². The van der Waals surface area contributed by atoms with Crippen molar-refractivity contribution >= 4 is 35.2 Å². The zero-order chi connectivity index (χ0) is 23.0. The van der Waals surface area contributed by atoms with Crippen molar-refractivity contribution in [3.8, 4) is 0 Å². The van der Waals surface area contributed by atoms with Crippen LogP contribution in [0.15, 0.2) is 18.2 Å². The fraction of sp³-hybridized carbons (Fsp3) is 0.476. The Morgan fingerprint density at radius 2 is 1.41 bits per heavy atom. The highest BCUT2D eigenvalue weighted by Gasteiger charge is 2.41. The van der Waals surface area contributed by atoms with Crippen molar-refractivity contribution in [3.63, 3.8) is 0 Å². The van der Waals surface area contributed by atoms with Gasteiger partial charge >= 0.3 is 0 Å². The Morgan fingerprint density at radius 1 is 0.844 bits per heavy atom. The number of likely N-dealkylation sites (tertiary alicyclic amines) is 1. The summed E-state index contributed by atoms with van der Waals surface area (Å²) in [6.07, 6.45) is 0.459. The average molecular weight is 448 g/mol. The minimum atomic E-state index is -0.941. The van der Waals surface area contributed by atoms with Crippen molar-refractivity contribution in [1.29, 1.82) is 0 Å². The van der Waals surface area contributed by atoms with Crippen molar-refractivity contribution in [2.75, 3.05) is 44.2 Å². The Kier molecular flexibility index (Phi) is 5.90. The van der Waals surface area contributed by atoms with Gasteiger partial charge < -0.3 is 14.7 Å². The Balaban J connectivity index is 1.32. The summed E-state index contributed by atoms with van der Waals surface area (Å²) in [5.74, 6) is -4.53. The summed E-state index contributed by atoms with van der Waals surface area (Å²) in [4.78, 5) is 66.6. The van der Waals surface area contributed by atoms with E-state index in [9.17, 15) is 32.8 Å². The van der Waals surface area contributed by atoms with E-state index in [0.29, 0.717) is 6.07 Å². The zero-order valence-corrected chi connectivity index (χ0v) is 17.3. The molecule has 1 aromatic carbocycles. The van der Waals surface area contributed by atoms with Crippen LogP contribution >= 0.6 is 0 Å². The summed E-state index contributed by atoms with van der Waals surface area (Å²) in [6, 6.07) is 2.81. The number of carbonyl (C=O) groups is 5. The highest BCUT2D eigenvalue weighted by atomic mass is 19.1. The van der Waals surface area contributed by atoms with Crippen LogP contribution in [0.3, 0.4) is 0 Å². The van der Waals surface area contributed by atoms with Gasteiger partial charge in [0.15, 0.2) is 0 Å². The Labute approximate surface area is 182 Å². The molecule has 3 heterocycles. The molecule has 170 valence electrons. The summed E-state index contributed by atoms with van der Waals surface area (Å²) >= 11 is 0. The SMILES string of the molecule is O=C(CN1C(=O)CCC1=O)N1CCN(C(=O)C2CCN(c3cc(F)cc(F)c3)C2=O)CC1. The molecular formula is C21H22F2N4O5. The highest BCUT2D eigenvalue weighted by Crippen LogP contribution is 2.28. The van der Waals surface area contributed by atoms with Gasteiger partial charge in [-0.1, -0.05) is 0 Å². The molecule has 0 N–H and O–H groups in total. The zero-order valence-electron chi connectivity index (χ0n) is 17.3. The normalized spacial score (nSPS) is 21.7. The van der Waals surface area contributed by atoms with Gasteiger partial charge in [0, 0.05) is 57.3 Å². The maximum atomic E-state index is 13.5. The number of amides is 5. The molecule has 0 aromatic heterocycles.